The lowest BCUT2D eigenvalue weighted by atomic mass is 9.98. The van der Waals surface area contributed by atoms with E-state index in [1.54, 1.807) is 0 Å². The van der Waals surface area contributed by atoms with E-state index in [0.29, 0.717) is 0 Å². The summed E-state index contributed by atoms with van der Waals surface area (Å²) in [6, 6.07) is 26.7. The minimum Gasteiger partial charge on any atom is -0.397 e. The van der Waals surface area contributed by atoms with Crippen LogP contribution in [0.1, 0.15) is 11.1 Å². The molecule has 4 aromatic rings. The molecule has 0 fully saturated rings. The van der Waals surface area contributed by atoms with Gasteiger partial charge < -0.3 is 10.3 Å². The van der Waals surface area contributed by atoms with Crippen LogP contribution in [0.15, 0.2) is 91.6 Å². The second-order valence-corrected chi connectivity index (χ2v) is 5.83. The average Bonchev–Trinajstić information content (AvgIpc) is 2.99. The lowest BCUT2D eigenvalue weighted by Gasteiger charge is -2.14. The zero-order valence-electron chi connectivity index (χ0n) is 13.3. The van der Waals surface area contributed by atoms with Gasteiger partial charge in [-0.1, -0.05) is 73.3 Å². The number of nitrogens with zero attached hydrogens (tertiary/aromatic N) is 1. The Kier molecular flexibility index (Phi) is 3.43. The number of anilines is 1. The number of para-hydroxylation sites is 2. The number of benzene rings is 3. The second-order valence-electron chi connectivity index (χ2n) is 5.83. The van der Waals surface area contributed by atoms with Gasteiger partial charge in [0, 0.05) is 17.1 Å². The normalized spacial score (nSPS) is 10.8. The van der Waals surface area contributed by atoms with Crippen LogP contribution in [-0.2, 0) is 0 Å². The van der Waals surface area contributed by atoms with Crippen molar-refractivity contribution in [1.82, 2.24) is 4.57 Å². The summed E-state index contributed by atoms with van der Waals surface area (Å²) < 4.78 is 2.15. The maximum absolute atomic E-state index is 6.21. The van der Waals surface area contributed by atoms with Crippen molar-refractivity contribution in [3.63, 3.8) is 0 Å². The van der Waals surface area contributed by atoms with Gasteiger partial charge in [0.15, 0.2) is 0 Å². The fourth-order valence-corrected chi connectivity index (χ4v) is 3.14. The van der Waals surface area contributed by atoms with E-state index in [1.807, 2.05) is 48.7 Å². The molecular formula is C22H18N2. The van der Waals surface area contributed by atoms with Gasteiger partial charge in [-0.05, 0) is 23.3 Å². The van der Waals surface area contributed by atoms with Crippen molar-refractivity contribution in [2.75, 3.05) is 5.73 Å². The third-order valence-corrected chi connectivity index (χ3v) is 4.35. The van der Waals surface area contributed by atoms with E-state index in [2.05, 4.69) is 47.5 Å². The molecule has 1 aromatic heterocycles. The van der Waals surface area contributed by atoms with Crippen LogP contribution < -0.4 is 5.73 Å². The molecule has 0 aliphatic carbocycles. The van der Waals surface area contributed by atoms with E-state index in [0.717, 1.165) is 39.0 Å². The highest BCUT2D eigenvalue weighted by Gasteiger charge is 2.12. The highest BCUT2D eigenvalue weighted by atomic mass is 15.0. The van der Waals surface area contributed by atoms with Gasteiger partial charge in [0.2, 0.25) is 0 Å². The molecule has 3 aromatic carbocycles. The Bertz CT molecular complexity index is 1030. The quantitative estimate of drug-likeness (QED) is 0.549. The van der Waals surface area contributed by atoms with Crippen LogP contribution in [0.2, 0.25) is 0 Å². The average molecular weight is 310 g/mol. The summed E-state index contributed by atoms with van der Waals surface area (Å²) in [7, 11) is 0. The smallest absolute Gasteiger partial charge is 0.0578 e. The zero-order valence-corrected chi connectivity index (χ0v) is 13.3. The van der Waals surface area contributed by atoms with Gasteiger partial charge in [-0.2, -0.15) is 0 Å². The third-order valence-electron chi connectivity index (χ3n) is 4.35. The summed E-state index contributed by atoms with van der Waals surface area (Å²) in [5, 5.41) is 1.07. The van der Waals surface area contributed by atoms with E-state index in [4.69, 9.17) is 5.73 Å². The molecule has 0 unspecified atom stereocenters. The van der Waals surface area contributed by atoms with Crippen LogP contribution >= 0.6 is 0 Å². The molecule has 2 N–H and O–H groups in total. The summed E-state index contributed by atoms with van der Waals surface area (Å²) in [6.45, 7) is 4.32. The first-order valence-corrected chi connectivity index (χ1v) is 7.95. The number of nitrogen functional groups attached to an aromatic ring is 1. The lowest BCUT2D eigenvalue weighted by molar-refractivity contribution is 1.12. The Balaban J connectivity index is 1.92. The Labute approximate surface area is 141 Å². The molecule has 0 amide bonds. The molecule has 0 bridgehead atoms. The summed E-state index contributed by atoms with van der Waals surface area (Å²) in [6.07, 6.45) is 1.99. The number of nitrogens with two attached hydrogens (primary N) is 1. The molecule has 0 aliphatic rings. The van der Waals surface area contributed by atoms with Gasteiger partial charge in [0.1, 0.15) is 0 Å². The van der Waals surface area contributed by atoms with Gasteiger partial charge in [-0.25, -0.2) is 0 Å². The maximum atomic E-state index is 6.21. The van der Waals surface area contributed by atoms with Crippen LogP contribution in [0.5, 0.6) is 0 Å². The van der Waals surface area contributed by atoms with Crippen molar-refractivity contribution >= 4 is 22.2 Å². The Morgan fingerprint density at radius 2 is 1.46 bits per heavy atom. The summed E-state index contributed by atoms with van der Waals surface area (Å²) in [5.41, 5.74) is 12.4. The summed E-state index contributed by atoms with van der Waals surface area (Å²) in [5.74, 6) is 0. The fraction of sp³-hybridized carbons (Fsp3) is 0. The van der Waals surface area contributed by atoms with Gasteiger partial charge in [0.05, 0.1) is 16.9 Å². The Hall–Kier alpha value is -3.26. The van der Waals surface area contributed by atoms with Crippen molar-refractivity contribution in [2.24, 2.45) is 0 Å². The second kappa shape index (κ2) is 5.74. The minimum atomic E-state index is 0.783. The number of fused-ring (bicyclic) bond motifs is 1. The molecule has 24 heavy (non-hydrogen) atoms. The minimum absolute atomic E-state index is 0.783. The molecule has 0 aliphatic heterocycles. The van der Waals surface area contributed by atoms with E-state index in [9.17, 15) is 0 Å². The summed E-state index contributed by atoms with van der Waals surface area (Å²) >= 11 is 0. The van der Waals surface area contributed by atoms with Gasteiger partial charge in [0.25, 0.3) is 0 Å². The molecule has 0 radical (unpaired) electrons. The van der Waals surface area contributed by atoms with Crippen LogP contribution in [0.3, 0.4) is 0 Å². The predicted octanol–water partition coefficient (Wildman–Crippen LogP) is 5.27. The van der Waals surface area contributed by atoms with Gasteiger partial charge >= 0.3 is 0 Å². The molecule has 1 heterocycles. The molecule has 0 atom stereocenters. The Morgan fingerprint density at radius 3 is 2.29 bits per heavy atom. The highest BCUT2D eigenvalue weighted by Crippen LogP contribution is 2.32. The standard InChI is InChI=1S/C22H18N2/c1-16(17-9-3-2-4-10-17)18-11-5-7-13-21(18)24-15-20(23)19-12-6-8-14-22(19)24/h2-15H,1,23H2. The monoisotopic (exact) mass is 310 g/mol. The molecule has 4 rings (SSSR count). The van der Waals surface area contributed by atoms with E-state index >= 15 is 0 Å². The van der Waals surface area contributed by atoms with Crippen molar-refractivity contribution in [2.45, 2.75) is 0 Å². The SMILES string of the molecule is C=C(c1ccccc1)c1ccccc1-n1cc(N)c2ccccc21. The van der Waals surface area contributed by atoms with Crippen LogP contribution in [0, 0.1) is 0 Å². The molecule has 0 saturated carbocycles. The first kappa shape index (κ1) is 14.3. The molecule has 2 nitrogen and oxygen atoms in total. The predicted molar refractivity (Wildman–Crippen MR) is 102 cm³/mol. The van der Waals surface area contributed by atoms with E-state index in [-0.39, 0.29) is 0 Å². The van der Waals surface area contributed by atoms with E-state index < -0.39 is 0 Å². The molecule has 0 spiro atoms. The van der Waals surface area contributed by atoms with Gasteiger partial charge in [-0.3, -0.25) is 0 Å². The lowest BCUT2D eigenvalue weighted by Crippen LogP contribution is -1.98. The zero-order chi connectivity index (χ0) is 16.5. The maximum Gasteiger partial charge on any atom is 0.0578 e. The molecule has 2 heteroatoms. The number of hydrogen-bond donors (Lipinski definition) is 1. The molecule has 116 valence electrons. The largest absolute Gasteiger partial charge is 0.397 e. The van der Waals surface area contributed by atoms with Crippen LogP contribution in [0.25, 0.3) is 22.2 Å². The van der Waals surface area contributed by atoms with Crippen molar-refractivity contribution in [3.8, 4) is 5.69 Å². The first-order chi connectivity index (χ1) is 11.8. The van der Waals surface area contributed by atoms with Crippen LogP contribution in [0.4, 0.5) is 5.69 Å². The molecular weight excluding hydrogens is 292 g/mol. The van der Waals surface area contributed by atoms with Crippen molar-refractivity contribution in [3.05, 3.63) is 103 Å². The first-order valence-electron chi connectivity index (χ1n) is 7.95. The number of hydrogen-bond acceptors (Lipinski definition) is 1. The number of rotatable bonds is 3. The van der Waals surface area contributed by atoms with Crippen LogP contribution in [-0.4, -0.2) is 4.57 Å². The van der Waals surface area contributed by atoms with Crippen molar-refractivity contribution < 1.29 is 0 Å². The third kappa shape index (κ3) is 2.29. The van der Waals surface area contributed by atoms with E-state index in [1.165, 1.54) is 0 Å². The van der Waals surface area contributed by atoms with Crippen molar-refractivity contribution in [1.29, 1.82) is 0 Å². The number of aromatic nitrogens is 1. The Morgan fingerprint density at radius 1 is 0.792 bits per heavy atom. The fourth-order valence-electron chi connectivity index (χ4n) is 3.14. The molecule has 0 saturated heterocycles. The van der Waals surface area contributed by atoms with Gasteiger partial charge in [-0.15, -0.1) is 0 Å². The topological polar surface area (TPSA) is 30.9 Å². The highest BCUT2D eigenvalue weighted by molar-refractivity contribution is 5.94. The summed E-state index contributed by atoms with van der Waals surface area (Å²) in [4.78, 5) is 0.